The van der Waals surface area contributed by atoms with Crippen molar-refractivity contribution in [1.29, 1.82) is 0 Å². The first-order valence-electron chi connectivity index (χ1n) is 8.48. The molecule has 5 nitrogen and oxygen atoms in total. The van der Waals surface area contributed by atoms with Crippen LogP contribution in [0.2, 0.25) is 0 Å². The first-order valence-corrected chi connectivity index (χ1v) is 9.29. The van der Waals surface area contributed by atoms with Crippen LogP contribution in [0.3, 0.4) is 0 Å². The number of nitrogens with one attached hydrogen (secondary N) is 2. The van der Waals surface area contributed by atoms with E-state index in [1.54, 1.807) is 17.5 Å². The molecular formula is C19H20N4OS. The Bertz CT molecular complexity index is 921. The molecule has 4 rings (SSSR count). The van der Waals surface area contributed by atoms with E-state index < -0.39 is 0 Å². The van der Waals surface area contributed by atoms with Crippen LogP contribution in [0.25, 0.3) is 10.9 Å². The van der Waals surface area contributed by atoms with Gasteiger partial charge in [0.2, 0.25) is 0 Å². The summed E-state index contributed by atoms with van der Waals surface area (Å²) >= 11 is 1.67. The van der Waals surface area contributed by atoms with E-state index in [0.717, 1.165) is 47.6 Å². The zero-order chi connectivity index (χ0) is 17.2. The van der Waals surface area contributed by atoms with Crippen molar-refractivity contribution in [2.24, 2.45) is 0 Å². The Labute approximate surface area is 150 Å². The van der Waals surface area contributed by atoms with Gasteiger partial charge in [-0.1, -0.05) is 13.0 Å². The van der Waals surface area contributed by atoms with Gasteiger partial charge < -0.3 is 5.32 Å². The number of anilines is 2. The summed E-state index contributed by atoms with van der Waals surface area (Å²) in [4.78, 5) is 20.4. The third-order valence-electron chi connectivity index (χ3n) is 4.51. The van der Waals surface area contributed by atoms with Gasteiger partial charge in [0.25, 0.3) is 0 Å². The Kier molecular flexibility index (Phi) is 4.38. The molecule has 2 N–H and O–H groups in total. The molecule has 0 unspecified atom stereocenters. The smallest absolute Gasteiger partial charge is 0.308 e. The maximum atomic E-state index is 12.3. The summed E-state index contributed by atoms with van der Waals surface area (Å²) in [6, 6.07) is 11.5. The van der Waals surface area contributed by atoms with Crippen LogP contribution >= 0.6 is 11.3 Å². The lowest BCUT2D eigenvalue weighted by molar-refractivity contribution is 0.262. The Balaban J connectivity index is 1.44. The molecule has 1 aromatic carbocycles. The van der Waals surface area contributed by atoms with Crippen LogP contribution in [0, 0.1) is 0 Å². The summed E-state index contributed by atoms with van der Waals surface area (Å²) in [5.74, 6) is 0. The first-order chi connectivity index (χ1) is 12.2. The van der Waals surface area contributed by atoms with Gasteiger partial charge >= 0.3 is 6.03 Å². The van der Waals surface area contributed by atoms with Crippen LogP contribution in [0.1, 0.15) is 17.4 Å². The normalized spacial score (nSPS) is 14.3. The van der Waals surface area contributed by atoms with Gasteiger partial charge in [-0.2, -0.15) is 0 Å². The van der Waals surface area contributed by atoms with Crippen molar-refractivity contribution in [3.8, 4) is 0 Å². The SMILES string of the molecule is CCN1CCc2cc(NC(=O)Nc3ccc4ncccc4c3)sc2C1. The highest BCUT2D eigenvalue weighted by molar-refractivity contribution is 7.16. The summed E-state index contributed by atoms with van der Waals surface area (Å²) in [5.41, 5.74) is 3.04. The van der Waals surface area contributed by atoms with E-state index >= 15 is 0 Å². The number of fused-ring (bicyclic) bond motifs is 2. The number of carbonyl (C=O) groups excluding carboxylic acids is 1. The molecule has 2 amide bonds. The minimum atomic E-state index is -0.214. The molecule has 3 aromatic rings. The zero-order valence-corrected chi connectivity index (χ0v) is 14.9. The van der Waals surface area contributed by atoms with E-state index in [-0.39, 0.29) is 6.03 Å². The van der Waals surface area contributed by atoms with Crippen molar-refractivity contribution < 1.29 is 4.79 Å². The van der Waals surface area contributed by atoms with Crippen molar-refractivity contribution in [2.75, 3.05) is 23.7 Å². The number of amides is 2. The maximum absolute atomic E-state index is 12.3. The molecule has 0 saturated heterocycles. The fourth-order valence-electron chi connectivity index (χ4n) is 3.13. The number of nitrogens with zero attached hydrogens (tertiary/aromatic N) is 2. The van der Waals surface area contributed by atoms with E-state index in [1.165, 1.54) is 10.4 Å². The predicted molar refractivity (Wildman–Crippen MR) is 103 cm³/mol. The molecule has 3 heterocycles. The van der Waals surface area contributed by atoms with Crippen LogP contribution in [0.15, 0.2) is 42.6 Å². The quantitative estimate of drug-likeness (QED) is 0.738. The number of benzene rings is 1. The highest BCUT2D eigenvalue weighted by Crippen LogP contribution is 2.31. The van der Waals surface area contributed by atoms with Gasteiger partial charge in [-0.05, 0) is 48.9 Å². The number of hydrogen-bond donors (Lipinski definition) is 2. The van der Waals surface area contributed by atoms with Crippen molar-refractivity contribution in [2.45, 2.75) is 19.9 Å². The van der Waals surface area contributed by atoms with Crippen LogP contribution in [-0.2, 0) is 13.0 Å². The van der Waals surface area contributed by atoms with Gasteiger partial charge in [0, 0.05) is 35.2 Å². The number of thiophene rings is 1. The average molecular weight is 352 g/mol. The Morgan fingerprint density at radius 2 is 2.20 bits per heavy atom. The van der Waals surface area contributed by atoms with Gasteiger partial charge in [-0.15, -0.1) is 11.3 Å². The monoisotopic (exact) mass is 352 g/mol. The summed E-state index contributed by atoms with van der Waals surface area (Å²) in [6.45, 7) is 5.33. The molecule has 0 radical (unpaired) electrons. The number of likely N-dealkylation sites (N-methyl/N-ethyl adjacent to an activating group) is 1. The topological polar surface area (TPSA) is 57.3 Å². The number of urea groups is 1. The molecule has 0 saturated carbocycles. The van der Waals surface area contributed by atoms with E-state index in [1.807, 2.05) is 30.3 Å². The summed E-state index contributed by atoms with van der Waals surface area (Å²) < 4.78 is 0. The molecule has 1 aliphatic heterocycles. The van der Waals surface area contributed by atoms with Crippen LogP contribution < -0.4 is 10.6 Å². The zero-order valence-electron chi connectivity index (χ0n) is 14.1. The van der Waals surface area contributed by atoms with Gasteiger partial charge in [0.15, 0.2) is 0 Å². The largest absolute Gasteiger partial charge is 0.324 e. The second-order valence-corrected chi connectivity index (χ2v) is 7.30. The van der Waals surface area contributed by atoms with Gasteiger partial charge in [0.05, 0.1) is 10.5 Å². The fourth-order valence-corrected chi connectivity index (χ4v) is 4.28. The third kappa shape index (κ3) is 3.50. The second-order valence-electron chi connectivity index (χ2n) is 6.17. The number of carbonyl (C=O) groups is 1. The third-order valence-corrected chi connectivity index (χ3v) is 5.58. The molecule has 25 heavy (non-hydrogen) atoms. The number of aromatic nitrogens is 1. The first kappa shape index (κ1) is 16.1. The molecule has 0 spiro atoms. The molecule has 2 aromatic heterocycles. The standard InChI is InChI=1S/C19H20N4OS/c1-2-23-9-7-14-11-18(25-17(14)12-23)22-19(24)21-15-5-6-16-13(10-15)4-3-8-20-16/h3-6,8,10-11H,2,7,9,12H2,1H3,(H2,21,22,24). The summed E-state index contributed by atoms with van der Waals surface area (Å²) in [7, 11) is 0. The van der Waals surface area contributed by atoms with Gasteiger partial charge in [-0.25, -0.2) is 4.79 Å². The van der Waals surface area contributed by atoms with E-state index in [2.05, 4.69) is 33.5 Å². The van der Waals surface area contributed by atoms with E-state index in [9.17, 15) is 4.79 Å². The minimum Gasteiger partial charge on any atom is -0.308 e. The van der Waals surface area contributed by atoms with Crippen molar-refractivity contribution in [1.82, 2.24) is 9.88 Å². The molecule has 128 valence electrons. The Morgan fingerprint density at radius 1 is 1.28 bits per heavy atom. The molecule has 0 fully saturated rings. The molecule has 6 heteroatoms. The highest BCUT2D eigenvalue weighted by atomic mass is 32.1. The number of pyridine rings is 1. The lowest BCUT2D eigenvalue weighted by Gasteiger charge is -2.24. The van der Waals surface area contributed by atoms with Crippen molar-refractivity contribution in [3.05, 3.63) is 53.0 Å². The van der Waals surface area contributed by atoms with E-state index in [0.29, 0.717) is 0 Å². The van der Waals surface area contributed by atoms with Crippen molar-refractivity contribution >= 4 is 39.0 Å². The Morgan fingerprint density at radius 3 is 3.08 bits per heavy atom. The molecular weight excluding hydrogens is 332 g/mol. The van der Waals surface area contributed by atoms with E-state index in [4.69, 9.17) is 0 Å². The highest BCUT2D eigenvalue weighted by Gasteiger charge is 2.18. The molecule has 0 bridgehead atoms. The molecule has 1 aliphatic rings. The second kappa shape index (κ2) is 6.82. The Hall–Kier alpha value is -2.44. The fraction of sp³-hybridized carbons (Fsp3) is 0.263. The van der Waals surface area contributed by atoms with Gasteiger partial charge in [0.1, 0.15) is 0 Å². The van der Waals surface area contributed by atoms with Gasteiger partial charge in [-0.3, -0.25) is 15.2 Å². The van der Waals surface area contributed by atoms with Crippen LogP contribution in [0.4, 0.5) is 15.5 Å². The van der Waals surface area contributed by atoms with Crippen molar-refractivity contribution in [3.63, 3.8) is 0 Å². The number of rotatable bonds is 3. The molecule has 0 atom stereocenters. The maximum Gasteiger partial charge on any atom is 0.324 e. The van der Waals surface area contributed by atoms with Crippen LogP contribution in [-0.4, -0.2) is 29.0 Å². The lowest BCUT2D eigenvalue weighted by Crippen LogP contribution is -2.28. The van der Waals surface area contributed by atoms with Crippen LogP contribution in [0.5, 0.6) is 0 Å². The predicted octanol–water partition coefficient (Wildman–Crippen LogP) is 4.32. The summed E-state index contributed by atoms with van der Waals surface area (Å²) in [6.07, 6.45) is 2.82. The molecule has 0 aliphatic carbocycles. The lowest BCUT2D eigenvalue weighted by atomic mass is 10.1. The number of hydrogen-bond acceptors (Lipinski definition) is 4. The minimum absolute atomic E-state index is 0.214. The summed E-state index contributed by atoms with van der Waals surface area (Å²) in [5, 5.41) is 7.78. The average Bonchev–Trinajstić information content (AvgIpc) is 3.02.